The van der Waals surface area contributed by atoms with Crippen LogP contribution < -0.4 is 10.2 Å². The van der Waals surface area contributed by atoms with E-state index in [2.05, 4.69) is 60.5 Å². The lowest BCUT2D eigenvalue weighted by Gasteiger charge is -2.36. The number of piperidine rings is 1. The molecule has 3 heteroatoms. The highest BCUT2D eigenvalue weighted by molar-refractivity contribution is 6.05. The molecule has 2 aromatic rings. The number of rotatable bonds is 8. The predicted octanol–water partition coefficient (Wildman–Crippen LogP) is 5.90. The number of para-hydroxylation sites is 1. The Kier molecular flexibility index (Phi) is 7.44. The Labute approximate surface area is 169 Å². The summed E-state index contributed by atoms with van der Waals surface area (Å²) in [7, 11) is 0. The first-order valence-electron chi connectivity index (χ1n) is 10.6. The van der Waals surface area contributed by atoms with Crippen molar-refractivity contribution in [3.05, 3.63) is 71.8 Å². The molecule has 1 heterocycles. The maximum Gasteiger partial charge on any atom is 0.185 e. The zero-order chi connectivity index (χ0) is 19.8. The maximum atomic E-state index is 12.9. The number of allylic oxidation sites excluding steroid dienone is 2. The van der Waals surface area contributed by atoms with Gasteiger partial charge in [0.25, 0.3) is 0 Å². The monoisotopic (exact) mass is 376 g/mol. The summed E-state index contributed by atoms with van der Waals surface area (Å²) in [6.07, 6.45) is 7.17. The van der Waals surface area contributed by atoms with Crippen molar-refractivity contribution in [1.82, 2.24) is 5.32 Å². The zero-order valence-corrected chi connectivity index (χ0v) is 17.2. The lowest BCUT2D eigenvalue weighted by atomic mass is 10.0. The van der Waals surface area contributed by atoms with Crippen molar-refractivity contribution in [2.24, 2.45) is 0 Å². The molecule has 28 heavy (non-hydrogen) atoms. The van der Waals surface area contributed by atoms with Gasteiger partial charge in [-0.1, -0.05) is 56.2 Å². The Morgan fingerprint density at radius 1 is 1.11 bits per heavy atom. The van der Waals surface area contributed by atoms with Gasteiger partial charge in [0.05, 0.1) is 0 Å². The molecule has 3 rings (SSSR count). The molecule has 1 fully saturated rings. The molecular weight excluding hydrogens is 344 g/mol. The maximum absolute atomic E-state index is 12.9. The van der Waals surface area contributed by atoms with Crippen LogP contribution in [0.15, 0.2) is 66.2 Å². The third kappa shape index (κ3) is 5.11. The summed E-state index contributed by atoms with van der Waals surface area (Å²) in [4.78, 5) is 15.3. The second kappa shape index (κ2) is 10.2. The van der Waals surface area contributed by atoms with Gasteiger partial charge in [0, 0.05) is 29.5 Å². The highest BCUT2D eigenvalue weighted by Gasteiger charge is 2.23. The fourth-order valence-corrected chi connectivity index (χ4v) is 3.96. The van der Waals surface area contributed by atoms with Gasteiger partial charge >= 0.3 is 0 Å². The van der Waals surface area contributed by atoms with Gasteiger partial charge in [-0.05, 0) is 62.6 Å². The first-order valence-corrected chi connectivity index (χ1v) is 10.6. The molecule has 1 unspecified atom stereocenters. The number of carbonyl (C=O) groups is 1. The molecule has 2 aromatic carbocycles. The number of nitrogens with zero attached hydrogens (tertiary/aromatic N) is 1. The molecule has 1 N–H and O–H groups in total. The van der Waals surface area contributed by atoms with Gasteiger partial charge in [0.1, 0.15) is 0 Å². The Morgan fingerprint density at radius 3 is 2.57 bits per heavy atom. The van der Waals surface area contributed by atoms with Gasteiger partial charge in [-0.15, -0.1) is 0 Å². The van der Waals surface area contributed by atoms with E-state index in [1.165, 1.54) is 17.7 Å². The fraction of sp³-hybridized carbons (Fsp3) is 0.400. The Morgan fingerprint density at radius 2 is 1.89 bits per heavy atom. The molecule has 0 saturated carbocycles. The predicted molar refractivity (Wildman–Crippen MR) is 119 cm³/mol. The average Bonchev–Trinajstić information content (AvgIpc) is 2.75. The fourth-order valence-electron chi connectivity index (χ4n) is 3.96. The van der Waals surface area contributed by atoms with Crippen molar-refractivity contribution in [2.75, 3.05) is 18.0 Å². The van der Waals surface area contributed by atoms with E-state index in [0.29, 0.717) is 6.04 Å². The van der Waals surface area contributed by atoms with Gasteiger partial charge in [0.15, 0.2) is 5.78 Å². The SMILES string of the molecule is CCC/C(=C/C(=O)c1cccc(N(c2ccccc2)C2CCCNC2)c1)CC. The number of anilines is 2. The van der Waals surface area contributed by atoms with Gasteiger partial charge in [-0.3, -0.25) is 4.79 Å². The van der Waals surface area contributed by atoms with Gasteiger partial charge in [-0.25, -0.2) is 0 Å². The highest BCUT2D eigenvalue weighted by Crippen LogP contribution is 2.31. The van der Waals surface area contributed by atoms with Crippen molar-refractivity contribution in [2.45, 2.75) is 52.0 Å². The molecule has 0 aromatic heterocycles. The first kappa shape index (κ1) is 20.3. The third-order valence-corrected chi connectivity index (χ3v) is 5.44. The van der Waals surface area contributed by atoms with E-state index in [0.717, 1.165) is 50.0 Å². The molecular formula is C25H32N2O. The van der Waals surface area contributed by atoms with Crippen LogP contribution in [0.2, 0.25) is 0 Å². The summed E-state index contributed by atoms with van der Waals surface area (Å²) in [5, 5.41) is 3.52. The summed E-state index contributed by atoms with van der Waals surface area (Å²) in [5.74, 6) is 0.113. The van der Waals surface area contributed by atoms with E-state index in [9.17, 15) is 4.79 Å². The number of ketones is 1. The quantitative estimate of drug-likeness (QED) is 0.460. The second-order valence-electron chi connectivity index (χ2n) is 7.53. The van der Waals surface area contributed by atoms with Crippen LogP contribution in [0.5, 0.6) is 0 Å². The molecule has 1 saturated heterocycles. The van der Waals surface area contributed by atoms with E-state index < -0.39 is 0 Å². The number of benzene rings is 2. The van der Waals surface area contributed by atoms with Gasteiger partial charge < -0.3 is 10.2 Å². The van der Waals surface area contributed by atoms with E-state index >= 15 is 0 Å². The third-order valence-electron chi connectivity index (χ3n) is 5.44. The largest absolute Gasteiger partial charge is 0.337 e. The van der Waals surface area contributed by atoms with E-state index in [4.69, 9.17) is 0 Å². The topological polar surface area (TPSA) is 32.3 Å². The van der Waals surface area contributed by atoms with Crippen LogP contribution in [0.25, 0.3) is 0 Å². The Bertz CT molecular complexity index is 791. The van der Waals surface area contributed by atoms with Crippen LogP contribution >= 0.6 is 0 Å². The van der Waals surface area contributed by atoms with Crippen LogP contribution in [-0.2, 0) is 0 Å². The van der Waals surface area contributed by atoms with Crippen molar-refractivity contribution in [3.8, 4) is 0 Å². The number of carbonyl (C=O) groups excluding carboxylic acids is 1. The summed E-state index contributed by atoms with van der Waals surface area (Å²) in [6.45, 7) is 6.33. The van der Waals surface area contributed by atoms with Crippen LogP contribution in [-0.4, -0.2) is 24.9 Å². The minimum Gasteiger partial charge on any atom is -0.337 e. The van der Waals surface area contributed by atoms with E-state index in [1.807, 2.05) is 24.3 Å². The lowest BCUT2D eigenvalue weighted by Crippen LogP contribution is -2.44. The molecule has 0 radical (unpaired) electrons. The van der Waals surface area contributed by atoms with Crippen LogP contribution in [0.4, 0.5) is 11.4 Å². The normalized spacial score (nSPS) is 17.4. The van der Waals surface area contributed by atoms with Crippen molar-refractivity contribution in [1.29, 1.82) is 0 Å². The molecule has 0 bridgehead atoms. The summed E-state index contributed by atoms with van der Waals surface area (Å²) >= 11 is 0. The molecule has 1 atom stereocenters. The summed E-state index contributed by atoms with van der Waals surface area (Å²) < 4.78 is 0. The van der Waals surface area contributed by atoms with Crippen molar-refractivity contribution < 1.29 is 4.79 Å². The average molecular weight is 377 g/mol. The molecule has 0 aliphatic carbocycles. The molecule has 0 amide bonds. The van der Waals surface area contributed by atoms with Gasteiger partial charge in [0.2, 0.25) is 0 Å². The van der Waals surface area contributed by atoms with Crippen LogP contribution in [0.3, 0.4) is 0 Å². The summed E-state index contributed by atoms with van der Waals surface area (Å²) in [6, 6.07) is 19.0. The zero-order valence-electron chi connectivity index (χ0n) is 17.2. The molecule has 148 valence electrons. The number of hydrogen-bond donors (Lipinski definition) is 1. The smallest absolute Gasteiger partial charge is 0.185 e. The van der Waals surface area contributed by atoms with Crippen molar-refractivity contribution >= 4 is 17.2 Å². The summed E-state index contributed by atoms with van der Waals surface area (Å²) in [5.41, 5.74) is 4.27. The van der Waals surface area contributed by atoms with Crippen LogP contribution in [0, 0.1) is 0 Å². The lowest BCUT2D eigenvalue weighted by molar-refractivity contribution is 0.104. The van der Waals surface area contributed by atoms with Gasteiger partial charge in [-0.2, -0.15) is 0 Å². The Balaban J connectivity index is 1.93. The van der Waals surface area contributed by atoms with E-state index in [1.54, 1.807) is 0 Å². The Hall–Kier alpha value is -2.39. The minimum atomic E-state index is 0.113. The minimum absolute atomic E-state index is 0.113. The molecule has 3 nitrogen and oxygen atoms in total. The van der Waals surface area contributed by atoms with Crippen LogP contribution in [0.1, 0.15) is 56.3 Å². The number of nitrogens with one attached hydrogen (secondary N) is 1. The number of hydrogen-bond acceptors (Lipinski definition) is 3. The van der Waals surface area contributed by atoms with Crippen molar-refractivity contribution in [3.63, 3.8) is 0 Å². The first-order chi connectivity index (χ1) is 13.7. The molecule has 1 aliphatic rings. The molecule has 1 aliphatic heterocycles. The highest BCUT2D eigenvalue weighted by atomic mass is 16.1. The molecule has 0 spiro atoms. The standard InChI is InChI=1S/C25H32N2O/c1-3-10-20(4-2)17-25(28)21-11-8-14-23(18-21)27(22-12-6-5-7-13-22)24-15-9-16-26-19-24/h5-8,11-14,17-18,24,26H,3-4,9-10,15-16,19H2,1-2H3/b20-17+. The van der Waals surface area contributed by atoms with E-state index in [-0.39, 0.29) is 5.78 Å². The second-order valence-corrected chi connectivity index (χ2v) is 7.53.